The Labute approximate surface area is 83.0 Å². The number of carbonyl (C=O) groups excluding carboxylic acids is 1. The van der Waals surface area contributed by atoms with Gasteiger partial charge in [-0.05, 0) is 18.1 Å². The summed E-state index contributed by atoms with van der Waals surface area (Å²) in [5, 5.41) is 9.62. The van der Waals surface area contributed by atoms with E-state index in [2.05, 4.69) is 0 Å². The van der Waals surface area contributed by atoms with Crippen molar-refractivity contribution in [2.45, 2.75) is 19.9 Å². The number of benzene rings is 1. The van der Waals surface area contributed by atoms with E-state index < -0.39 is 0 Å². The molecule has 0 bridgehead atoms. The van der Waals surface area contributed by atoms with Crippen LogP contribution in [0.4, 0.5) is 0 Å². The minimum absolute atomic E-state index is 0.0684. The first-order valence-electron chi connectivity index (χ1n) is 4.73. The summed E-state index contributed by atoms with van der Waals surface area (Å²) in [6.07, 6.45) is 0.837. The van der Waals surface area contributed by atoms with Crippen LogP contribution in [0.5, 0.6) is 5.75 Å². The highest BCUT2D eigenvalue weighted by Gasteiger charge is 2.19. The number of hydrogen-bond donors (Lipinski definition) is 1. The normalized spacial score (nSPS) is 15.1. The van der Waals surface area contributed by atoms with Crippen molar-refractivity contribution in [2.75, 3.05) is 6.54 Å². The van der Waals surface area contributed by atoms with Crippen molar-refractivity contribution in [1.29, 1.82) is 0 Å². The molecule has 14 heavy (non-hydrogen) atoms. The van der Waals surface area contributed by atoms with Gasteiger partial charge in [0.1, 0.15) is 5.75 Å². The smallest absolute Gasteiger partial charge is 0.219 e. The third kappa shape index (κ3) is 1.45. The van der Waals surface area contributed by atoms with Crippen LogP contribution < -0.4 is 0 Å². The molecule has 0 spiro atoms. The van der Waals surface area contributed by atoms with E-state index in [-0.39, 0.29) is 5.91 Å². The van der Waals surface area contributed by atoms with Gasteiger partial charge in [-0.15, -0.1) is 0 Å². The van der Waals surface area contributed by atoms with Crippen molar-refractivity contribution < 1.29 is 9.90 Å². The summed E-state index contributed by atoms with van der Waals surface area (Å²) < 4.78 is 0. The Morgan fingerprint density at radius 1 is 1.50 bits per heavy atom. The predicted molar refractivity (Wildman–Crippen MR) is 52.9 cm³/mol. The highest BCUT2D eigenvalue weighted by Crippen LogP contribution is 2.26. The molecule has 3 nitrogen and oxygen atoms in total. The largest absolute Gasteiger partial charge is 0.508 e. The van der Waals surface area contributed by atoms with Crippen molar-refractivity contribution in [3.8, 4) is 5.75 Å². The Kier molecular flexibility index (Phi) is 2.15. The summed E-state index contributed by atoms with van der Waals surface area (Å²) in [6, 6.07) is 5.52. The van der Waals surface area contributed by atoms with Gasteiger partial charge in [-0.3, -0.25) is 4.79 Å². The van der Waals surface area contributed by atoms with Crippen LogP contribution in [0.25, 0.3) is 0 Å². The molecular weight excluding hydrogens is 178 g/mol. The van der Waals surface area contributed by atoms with Crippen LogP contribution in [0.15, 0.2) is 18.2 Å². The molecule has 0 radical (unpaired) electrons. The van der Waals surface area contributed by atoms with Gasteiger partial charge in [0.2, 0.25) is 5.91 Å². The highest BCUT2D eigenvalue weighted by molar-refractivity contribution is 5.73. The van der Waals surface area contributed by atoms with Gasteiger partial charge in [0, 0.05) is 25.6 Å². The molecular formula is C11H13NO2. The summed E-state index contributed by atoms with van der Waals surface area (Å²) in [6.45, 7) is 2.86. The quantitative estimate of drug-likeness (QED) is 0.671. The molecule has 1 aliphatic heterocycles. The Balaban J connectivity index is 2.33. The molecule has 1 aromatic carbocycles. The van der Waals surface area contributed by atoms with Crippen LogP contribution in [-0.4, -0.2) is 22.5 Å². The summed E-state index contributed by atoms with van der Waals surface area (Å²) in [7, 11) is 0. The van der Waals surface area contributed by atoms with E-state index in [1.165, 1.54) is 0 Å². The van der Waals surface area contributed by atoms with E-state index in [1.54, 1.807) is 17.9 Å². The zero-order chi connectivity index (χ0) is 10.1. The van der Waals surface area contributed by atoms with Gasteiger partial charge < -0.3 is 10.0 Å². The molecule has 1 aromatic rings. The minimum atomic E-state index is 0.0684. The standard InChI is InChI=1S/C11H13NO2/c1-8(13)12-6-5-9-3-2-4-11(14)10(9)7-12/h2-4,14H,5-7H2,1H3. The molecule has 1 heterocycles. The lowest BCUT2D eigenvalue weighted by Gasteiger charge is -2.28. The lowest BCUT2D eigenvalue weighted by molar-refractivity contribution is -0.129. The fourth-order valence-electron chi connectivity index (χ4n) is 1.83. The van der Waals surface area contributed by atoms with Crippen LogP contribution in [0.1, 0.15) is 18.1 Å². The van der Waals surface area contributed by atoms with Gasteiger partial charge in [-0.25, -0.2) is 0 Å². The van der Waals surface area contributed by atoms with E-state index >= 15 is 0 Å². The molecule has 0 atom stereocenters. The fraction of sp³-hybridized carbons (Fsp3) is 0.364. The highest BCUT2D eigenvalue weighted by atomic mass is 16.3. The van der Waals surface area contributed by atoms with Gasteiger partial charge >= 0.3 is 0 Å². The summed E-state index contributed by atoms with van der Waals surface area (Å²) in [4.78, 5) is 12.9. The predicted octanol–water partition coefficient (Wildman–Crippen LogP) is 1.30. The van der Waals surface area contributed by atoms with Crippen LogP contribution in [0.3, 0.4) is 0 Å². The van der Waals surface area contributed by atoms with Crippen molar-refractivity contribution >= 4 is 5.91 Å². The van der Waals surface area contributed by atoms with Crippen LogP contribution in [0, 0.1) is 0 Å². The second kappa shape index (κ2) is 3.33. The zero-order valence-corrected chi connectivity index (χ0v) is 8.16. The maximum Gasteiger partial charge on any atom is 0.219 e. The van der Waals surface area contributed by atoms with Crippen molar-refractivity contribution in [2.24, 2.45) is 0 Å². The molecule has 0 aliphatic carbocycles. The zero-order valence-electron chi connectivity index (χ0n) is 8.16. The molecule has 2 rings (SSSR count). The van der Waals surface area contributed by atoms with Crippen LogP contribution in [-0.2, 0) is 17.8 Å². The number of phenols is 1. The molecule has 3 heteroatoms. The molecule has 74 valence electrons. The number of rotatable bonds is 0. The Hall–Kier alpha value is -1.51. The third-order valence-corrected chi connectivity index (χ3v) is 2.69. The molecule has 0 fully saturated rings. The number of nitrogens with zero attached hydrogens (tertiary/aromatic N) is 1. The Morgan fingerprint density at radius 3 is 3.00 bits per heavy atom. The maximum absolute atomic E-state index is 11.2. The summed E-state index contributed by atoms with van der Waals surface area (Å²) in [5.74, 6) is 0.368. The number of aromatic hydroxyl groups is 1. The van der Waals surface area contributed by atoms with Crippen molar-refractivity contribution in [1.82, 2.24) is 4.90 Å². The van der Waals surface area contributed by atoms with Crippen LogP contribution in [0.2, 0.25) is 0 Å². The van der Waals surface area contributed by atoms with Gasteiger partial charge in [0.25, 0.3) is 0 Å². The topological polar surface area (TPSA) is 40.5 Å². The number of amides is 1. The number of phenolic OH excluding ortho intramolecular Hbond substituents is 1. The molecule has 0 saturated carbocycles. The SMILES string of the molecule is CC(=O)N1CCc2cccc(O)c2C1. The number of hydrogen-bond acceptors (Lipinski definition) is 2. The number of carbonyl (C=O) groups is 1. The van der Waals surface area contributed by atoms with Crippen LogP contribution >= 0.6 is 0 Å². The Bertz CT molecular complexity index is 374. The average Bonchev–Trinajstić information content (AvgIpc) is 2.18. The molecule has 0 aromatic heterocycles. The van der Waals surface area contributed by atoms with Crippen molar-refractivity contribution in [3.63, 3.8) is 0 Å². The molecule has 1 N–H and O–H groups in total. The molecule has 0 saturated heterocycles. The fourth-order valence-corrected chi connectivity index (χ4v) is 1.83. The lowest BCUT2D eigenvalue weighted by atomic mass is 9.99. The first-order chi connectivity index (χ1) is 6.68. The van der Waals surface area contributed by atoms with Crippen molar-refractivity contribution in [3.05, 3.63) is 29.3 Å². The molecule has 1 aliphatic rings. The van der Waals surface area contributed by atoms with E-state index in [0.29, 0.717) is 12.3 Å². The average molecular weight is 191 g/mol. The molecule has 1 amide bonds. The summed E-state index contributed by atoms with van der Waals surface area (Å²) >= 11 is 0. The van der Waals surface area contributed by atoms with Gasteiger partial charge in [-0.1, -0.05) is 12.1 Å². The monoisotopic (exact) mass is 191 g/mol. The van der Waals surface area contributed by atoms with Gasteiger partial charge in [-0.2, -0.15) is 0 Å². The van der Waals surface area contributed by atoms with E-state index in [0.717, 1.165) is 24.1 Å². The summed E-state index contributed by atoms with van der Waals surface area (Å²) in [5.41, 5.74) is 2.05. The third-order valence-electron chi connectivity index (χ3n) is 2.69. The molecule has 0 unspecified atom stereocenters. The number of fused-ring (bicyclic) bond motifs is 1. The van der Waals surface area contributed by atoms with E-state index in [1.807, 2.05) is 12.1 Å². The van der Waals surface area contributed by atoms with Gasteiger partial charge in [0.15, 0.2) is 0 Å². The Morgan fingerprint density at radius 2 is 2.29 bits per heavy atom. The second-order valence-electron chi connectivity index (χ2n) is 3.61. The second-order valence-corrected chi connectivity index (χ2v) is 3.61. The maximum atomic E-state index is 11.2. The lowest BCUT2D eigenvalue weighted by Crippen LogP contribution is -2.34. The first kappa shape index (κ1) is 9.06. The first-order valence-corrected chi connectivity index (χ1v) is 4.73. The minimum Gasteiger partial charge on any atom is -0.508 e. The van der Waals surface area contributed by atoms with E-state index in [4.69, 9.17) is 0 Å². The van der Waals surface area contributed by atoms with E-state index in [9.17, 15) is 9.90 Å². The van der Waals surface area contributed by atoms with Gasteiger partial charge in [0.05, 0.1) is 0 Å².